The molecule has 0 aromatic heterocycles. The molecule has 0 bridgehead atoms. The van der Waals surface area contributed by atoms with Crippen LogP contribution < -0.4 is 10.2 Å². The van der Waals surface area contributed by atoms with Crippen LogP contribution in [-0.2, 0) is 6.54 Å². The molecule has 0 atom stereocenters. The molecular formula is C17H27FN2. The zero-order valence-electron chi connectivity index (χ0n) is 13.0. The largest absolute Gasteiger partial charge is 0.374 e. The fourth-order valence-corrected chi connectivity index (χ4v) is 3.06. The van der Waals surface area contributed by atoms with E-state index in [9.17, 15) is 4.39 Å². The Bertz CT molecular complexity index is 425. The summed E-state index contributed by atoms with van der Waals surface area (Å²) >= 11 is 0. The second kappa shape index (κ2) is 7.07. The second-order valence-electron chi connectivity index (χ2n) is 6.34. The van der Waals surface area contributed by atoms with Gasteiger partial charge in [0.1, 0.15) is 5.82 Å². The van der Waals surface area contributed by atoms with E-state index in [-0.39, 0.29) is 5.82 Å². The van der Waals surface area contributed by atoms with Gasteiger partial charge < -0.3 is 10.2 Å². The highest BCUT2D eigenvalue weighted by molar-refractivity contribution is 5.53. The molecule has 112 valence electrons. The molecule has 3 heteroatoms. The van der Waals surface area contributed by atoms with Crippen LogP contribution in [0.3, 0.4) is 0 Å². The maximum Gasteiger partial charge on any atom is 0.123 e. The second-order valence-corrected chi connectivity index (χ2v) is 6.34. The molecule has 0 saturated heterocycles. The van der Waals surface area contributed by atoms with Gasteiger partial charge in [0.25, 0.3) is 0 Å². The Morgan fingerprint density at radius 1 is 1.30 bits per heavy atom. The molecule has 0 aliphatic heterocycles. The smallest absolute Gasteiger partial charge is 0.123 e. The Morgan fingerprint density at radius 2 is 2.00 bits per heavy atom. The van der Waals surface area contributed by atoms with E-state index < -0.39 is 0 Å². The third-order valence-electron chi connectivity index (χ3n) is 4.16. The number of halogens is 1. The predicted octanol–water partition coefficient (Wildman–Crippen LogP) is 3.95. The Balaban J connectivity index is 2.07. The van der Waals surface area contributed by atoms with Crippen molar-refractivity contribution < 1.29 is 4.39 Å². The summed E-state index contributed by atoms with van der Waals surface area (Å²) < 4.78 is 13.5. The van der Waals surface area contributed by atoms with Crippen LogP contribution in [0.2, 0.25) is 0 Å². The lowest BCUT2D eigenvalue weighted by Gasteiger charge is -2.26. The highest BCUT2D eigenvalue weighted by Gasteiger charge is 2.18. The number of benzene rings is 1. The first-order valence-electron chi connectivity index (χ1n) is 7.79. The lowest BCUT2D eigenvalue weighted by molar-refractivity contribution is 0.543. The van der Waals surface area contributed by atoms with E-state index in [0.717, 1.165) is 30.3 Å². The van der Waals surface area contributed by atoms with Gasteiger partial charge in [-0.05, 0) is 42.5 Å². The van der Waals surface area contributed by atoms with Gasteiger partial charge in [0, 0.05) is 31.9 Å². The average Bonchev–Trinajstić information content (AvgIpc) is 2.89. The van der Waals surface area contributed by atoms with E-state index in [1.165, 1.54) is 25.7 Å². The highest BCUT2D eigenvalue weighted by atomic mass is 19.1. The van der Waals surface area contributed by atoms with Crippen LogP contribution in [-0.4, -0.2) is 19.6 Å². The van der Waals surface area contributed by atoms with Crippen molar-refractivity contribution in [2.45, 2.75) is 52.1 Å². The molecule has 1 aromatic rings. The van der Waals surface area contributed by atoms with Crippen molar-refractivity contribution in [1.29, 1.82) is 0 Å². The lowest BCUT2D eigenvalue weighted by atomic mass is 10.1. The topological polar surface area (TPSA) is 15.3 Å². The molecule has 2 rings (SSSR count). The molecule has 0 heterocycles. The summed E-state index contributed by atoms with van der Waals surface area (Å²) in [5.74, 6) is 0.652. The van der Waals surface area contributed by atoms with Crippen LogP contribution in [0.1, 0.15) is 45.1 Å². The van der Waals surface area contributed by atoms with Gasteiger partial charge in [-0.15, -0.1) is 0 Å². The van der Waals surface area contributed by atoms with Crippen molar-refractivity contribution in [1.82, 2.24) is 5.32 Å². The Kier molecular flexibility index (Phi) is 5.41. The average molecular weight is 278 g/mol. The van der Waals surface area contributed by atoms with E-state index in [1.807, 2.05) is 6.07 Å². The molecule has 0 amide bonds. The van der Waals surface area contributed by atoms with Gasteiger partial charge in [0.2, 0.25) is 0 Å². The molecule has 0 unspecified atom stereocenters. The summed E-state index contributed by atoms with van der Waals surface area (Å²) in [6.45, 7) is 6.03. The van der Waals surface area contributed by atoms with Crippen LogP contribution >= 0.6 is 0 Å². The summed E-state index contributed by atoms with van der Waals surface area (Å²) in [5.41, 5.74) is 2.21. The summed E-state index contributed by atoms with van der Waals surface area (Å²) in [7, 11) is 2.13. The van der Waals surface area contributed by atoms with Gasteiger partial charge >= 0.3 is 0 Å². The molecule has 20 heavy (non-hydrogen) atoms. The van der Waals surface area contributed by atoms with E-state index in [2.05, 4.69) is 31.1 Å². The monoisotopic (exact) mass is 278 g/mol. The molecular weight excluding hydrogens is 251 g/mol. The molecule has 1 fully saturated rings. The Labute approximate surface area is 122 Å². The predicted molar refractivity (Wildman–Crippen MR) is 83.6 cm³/mol. The van der Waals surface area contributed by atoms with Crippen molar-refractivity contribution in [2.75, 3.05) is 18.5 Å². The minimum absolute atomic E-state index is 0.149. The van der Waals surface area contributed by atoms with Gasteiger partial charge in [-0.2, -0.15) is 0 Å². The van der Waals surface area contributed by atoms with Crippen LogP contribution in [0.25, 0.3) is 0 Å². The normalized spacial score (nSPS) is 16.1. The summed E-state index contributed by atoms with van der Waals surface area (Å²) in [6.07, 6.45) is 5.41. The summed E-state index contributed by atoms with van der Waals surface area (Å²) in [6, 6.07) is 5.56. The van der Waals surface area contributed by atoms with Crippen molar-refractivity contribution in [3.8, 4) is 0 Å². The third-order valence-corrected chi connectivity index (χ3v) is 4.16. The van der Waals surface area contributed by atoms with E-state index in [1.54, 1.807) is 12.1 Å². The maximum absolute atomic E-state index is 13.5. The standard InChI is InChI=1S/C17H27FN2/c1-13(2)19-11-15-10-16(18)8-9-17(15)20(3)12-14-6-4-5-7-14/h8-10,13-14,19H,4-7,11-12H2,1-3H3. The zero-order valence-corrected chi connectivity index (χ0v) is 13.0. The molecule has 1 saturated carbocycles. The molecule has 0 radical (unpaired) electrons. The number of nitrogens with one attached hydrogen (secondary N) is 1. The third kappa shape index (κ3) is 4.20. The quantitative estimate of drug-likeness (QED) is 0.847. The minimum atomic E-state index is -0.149. The van der Waals surface area contributed by atoms with Crippen molar-refractivity contribution in [3.63, 3.8) is 0 Å². The number of hydrogen-bond acceptors (Lipinski definition) is 2. The molecule has 2 nitrogen and oxygen atoms in total. The first-order chi connectivity index (χ1) is 9.56. The lowest BCUT2D eigenvalue weighted by Crippen LogP contribution is -2.27. The molecule has 1 aliphatic rings. The fraction of sp³-hybridized carbons (Fsp3) is 0.647. The van der Waals surface area contributed by atoms with Crippen LogP contribution in [0.15, 0.2) is 18.2 Å². The Hall–Kier alpha value is -1.09. The van der Waals surface area contributed by atoms with Gasteiger partial charge in [-0.1, -0.05) is 26.7 Å². The van der Waals surface area contributed by atoms with Crippen LogP contribution in [0, 0.1) is 11.7 Å². The number of rotatable bonds is 6. The van der Waals surface area contributed by atoms with Gasteiger partial charge in [-0.25, -0.2) is 4.39 Å². The summed E-state index contributed by atoms with van der Waals surface area (Å²) in [4.78, 5) is 2.30. The molecule has 1 aliphatic carbocycles. The molecule has 1 aromatic carbocycles. The first-order valence-corrected chi connectivity index (χ1v) is 7.79. The first kappa shape index (κ1) is 15.3. The van der Waals surface area contributed by atoms with Gasteiger partial charge in [-0.3, -0.25) is 0 Å². The maximum atomic E-state index is 13.5. The molecule has 0 spiro atoms. The van der Waals surface area contributed by atoms with Crippen molar-refractivity contribution in [3.05, 3.63) is 29.6 Å². The zero-order chi connectivity index (χ0) is 14.5. The van der Waals surface area contributed by atoms with Crippen molar-refractivity contribution >= 4 is 5.69 Å². The highest BCUT2D eigenvalue weighted by Crippen LogP contribution is 2.28. The van der Waals surface area contributed by atoms with Crippen LogP contribution in [0.4, 0.5) is 10.1 Å². The number of nitrogens with zero attached hydrogens (tertiary/aromatic N) is 1. The minimum Gasteiger partial charge on any atom is -0.374 e. The molecule has 1 N–H and O–H groups in total. The van der Waals surface area contributed by atoms with Crippen molar-refractivity contribution in [2.24, 2.45) is 5.92 Å². The van der Waals surface area contributed by atoms with Gasteiger partial charge in [0.15, 0.2) is 0 Å². The SMILES string of the molecule is CC(C)NCc1cc(F)ccc1N(C)CC1CCCC1. The van der Waals surface area contributed by atoms with Crippen LogP contribution in [0.5, 0.6) is 0 Å². The fourth-order valence-electron chi connectivity index (χ4n) is 3.06. The van der Waals surface area contributed by atoms with E-state index in [0.29, 0.717) is 6.04 Å². The number of anilines is 1. The van der Waals surface area contributed by atoms with E-state index in [4.69, 9.17) is 0 Å². The van der Waals surface area contributed by atoms with E-state index >= 15 is 0 Å². The van der Waals surface area contributed by atoms with Gasteiger partial charge in [0.05, 0.1) is 0 Å². The summed E-state index contributed by atoms with van der Waals surface area (Å²) in [5, 5.41) is 3.38. The number of hydrogen-bond donors (Lipinski definition) is 1. The Morgan fingerprint density at radius 3 is 2.65 bits per heavy atom.